The summed E-state index contributed by atoms with van der Waals surface area (Å²) >= 11 is 0. The number of nitrogens with one attached hydrogen (secondary N) is 1. The van der Waals surface area contributed by atoms with Crippen LogP contribution in [0.15, 0.2) is 29.3 Å². The summed E-state index contributed by atoms with van der Waals surface area (Å²) in [5.74, 6) is 0.404. The second kappa shape index (κ2) is 7.01. The second-order valence-corrected chi connectivity index (χ2v) is 6.91. The second-order valence-electron chi connectivity index (χ2n) is 6.91. The topological polar surface area (TPSA) is 126 Å². The van der Waals surface area contributed by atoms with Crippen molar-refractivity contribution in [1.29, 1.82) is 0 Å². The zero-order chi connectivity index (χ0) is 19.8. The average Bonchev–Trinajstić information content (AvgIpc) is 3.27. The summed E-state index contributed by atoms with van der Waals surface area (Å²) < 4.78 is 8.72. The van der Waals surface area contributed by atoms with Crippen LogP contribution in [0.1, 0.15) is 23.6 Å². The van der Waals surface area contributed by atoms with Crippen LogP contribution in [0.25, 0.3) is 17.2 Å². The van der Waals surface area contributed by atoms with Crippen molar-refractivity contribution in [3.05, 3.63) is 46.1 Å². The van der Waals surface area contributed by atoms with Crippen LogP contribution in [0, 0.1) is 6.92 Å². The number of aryl methyl sites for hydroxylation is 2. The van der Waals surface area contributed by atoms with Gasteiger partial charge in [0.15, 0.2) is 5.65 Å². The van der Waals surface area contributed by atoms with E-state index in [0.717, 1.165) is 23.2 Å². The monoisotopic (exact) mass is 381 g/mol. The fraction of sp³-hybridized carbons (Fsp3) is 0.316. The Kier molecular flexibility index (Phi) is 4.52. The highest BCUT2D eigenvalue weighted by Gasteiger charge is 2.24. The SMILES string of the molecule is Cc1cc(N)c(/C=C\N)cc1Nc1ncc2c(n1)n(C1CCOC1)c(=O)n2C. The van der Waals surface area contributed by atoms with E-state index in [1.807, 2.05) is 19.1 Å². The Morgan fingerprint density at radius 2 is 2.21 bits per heavy atom. The molecule has 0 bridgehead atoms. The summed E-state index contributed by atoms with van der Waals surface area (Å²) in [5.41, 5.74) is 15.9. The number of nitrogen functional groups attached to an aromatic ring is 1. The molecule has 3 heterocycles. The molecule has 0 aliphatic carbocycles. The Bertz CT molecular complexity index is 1120. The van der Waals surface area contributed by atoms with Crippen molar-refractivity contribution in [3.8, 4) is 0 Å². The molecule has 0 radical (unpaired) electrons. The minimum atomic E-state index is -0.115. The molecule has 2 aromatic heterocycles. The first-order valence-corrected chi connectivity index (χ1v) is 9.06. The fourth-order valence-electron chi connectivity index (χ4n) is 3.50. The van der Waals surface area contributed by atoms with Crippen molar-refractivity contribution in [2.24, 2.45) is 12.8 Å². The molecule has 0 amide bonds. The summed E-state index contributed by atoms with van der Waals surface area (Å²) in [6.07, 6.45) is 5.63. The predicted octanol–water partition coefficient (Wildman–Crippen LogP) is 1.66. The van der Waals surface area contributed by atoms with Gasteiger partial charge in [-0.1, -0.05) is 0 Å². The van der Waals surface area contributed by atoms with Gasteiger partial charge in [0.25, 0.3) is 0 Å². The fourth-order valence-corrected chi connectivity index (χ4v) is 3.50. The van der Waals surface area contributed by atoms with Crippen LogP contribution in [-0.2, 0) is 11.8 Å². The molecular formula is C19H23N7O2. The average molecular weight is 381 g/mol. The quantitative estimate of drug-likeness (QED) is 0.587. The van der Waals surface area contributed by atoms with Gasteiger partial charge in [-0.3, -0.25) is 9.13 Å². The highest BCUT2D eigenvalue weighted by molar-refractivity contribution is 5.76. The molecule has 1 aliphatic rings. The maximum absolute atomic E-state index is 12.7. The van der Waals surface area contributed by atoms with Crippen LogP contribution >= 0.6 is 0 Å². The Hall–Kier alpha value is -3.33. The molecule has 1 saturated heterocycles. The molecule has 1 unspecified atom stereocenters. The summed E-state index contributed by atoms with van der Waals surface area (Å²) in [6, 6.07) is 3.74. The van der Waals surface area contributed by atoms with Crippen molar-refractivity contribution in [2.45, 2.75) is 19.4 Å². The minimum Gasteiger partial charge on any atom is -0.405 e. The largest absolute Gasteiger partial charge is 0.405 e. The van der Waals surface area contributed by atoms with Crippen molar-refractivity contribution in [1.82, 2.24) is 19.1 Å². The van der Waals surface area contributed by atoms with Crippen molar-refractivity contribution >= 4 is 34.6 Å². The first-order chi connectivity index (χ1) is 13.5. The van der Waals surface area contributed by atoms with Crippen LogP contribution in [0.5, 0.6) is 0 Å². The summed E-state index contributed by atoms with van der Waals surface area (Å²) in [5, 5.41) is 3.23. The molecule has 146 valence electrons. The summed E-state index contributed by atoms with van der Waals surface area (Å²) in [4.78, 5) is 21.7. The van der Waals surface area contributed by atoms with Gasteiger partial charge in [0, 0.05) is 30.6 Å². The molecule has 0 spiro atoms. The van der Waals surface area contributed by atoms with E-state index in [2.05, 4.69) is 15.3 Å². The molecule has 28 heavy (non-hydrogen) atoms. The maximum Gasteiger partial charge on any atom is 0.330 e. The number of fused-ring (bicyclic) bond motifs is 1. The molecule has 3 aromatic rings. The lowest BCUT2D eigenvalue weighted by Crippen LogP contribution is -2.26. The first-order valence-electron chi connectivity index (χ1n) is 9.06. The lowest BCUT2D eigenvalue weighted by molar-refractivity contribution is 0.186. The van der Waals surface area contributed by atoms with E-state index in [1.54, 1.807) is 28.5 Å². The maximum atomic E-state index is 12.7. The van der Waals surface area contributed by atoms with Gasteiger partial charge in [-0.15, -0.1) is 0 Å². The molecule has 4 rings (SSSR count). The van der Waals surface area contributed by atoms with Gasteiger partial charge in [-0.05, 0) is 43.3 Å². The lowest BCUT2D eigenvalue weighted by Gasteiger charge is -2.12. The van der Waals surface area contributed by atoms with Crippen molar-refractivity contribution in [2.75, 3.05) is 24.3 Å². The Balaban J connectivity index is 1.77. The smallest absolute Gasteiger partial charge is 0.330 e. The summed E-state index contributed by atoms with van der Waals surface area (Å²) in [6.45, 7) is 3.10. The van der Waals surface area contributed by atoms with Gasteiger partial charge in [-0.2, -0.15) is 4.98 Å². The summed E-state index contributed by atoms with van der Waals surface area (Å²) in [7, 11) is 1.73. The third kappa shape index (κ3) is 2.99. The highest BCUT2D eigenvalue weighted by atomic mass is 16.5. The Morgan fingerprint density at radius 1 is 1.39 bits per heavy atom. The number of nitrogens with two attached hydrogens (primary N) is 2. The predicted molar refractivity (Wildman–Crippen MR) is 109 cm³/mol. The number of benzene rings is 1. The first kappa shape index (κ1) is 18.1. The van der Waals surface area contributed by atoms with Crippen LogP contribution in [-0.4, -0.2) is 32.3 Å². The molecule has 9 heteroatoms. The van der Waals surface area contributed by atoms with Crippen LogP contribution in [0.3, 0.4) is 0 Å². The number of nitrogens with zero attached hydrogens (tertiary/aromatic N) is 4. The number of aromatic nitrogens is 4. The molecular weight excluding hydrogens is 358 g/mol. The van der Waals surface area contributed by atoms with E-state index in [0.29, 0.717) is 36.0 Å². The zero-order valence-corrected chi connectivity index (χ0v) is 15.8. The van der Waals surface area contributed by atoms with E-state index < -0.39 is 0 Å². The number of rotatable bonds is 4. The van der Waals surface area contributed by atoms with Gasteiger partial charge in [0.05, 0.1) is 18.8 Å². The minimum absolute atomic E-state index is 0.0153. The van der Waals surface area contributed by atoms with E-state index in [4.69, 9.17) is 16.2 Å². The third-order valence-corrected chi connectivity index (χ3v) is 5.06. The molecule has 1 aromatic carbocycles. The number of imidazole rings is 1. The van der Waals surface area contributed by atoms with Gasteiger partial charge < -0.3 is 21.5 Å². The van der Waals surface area contributed by atoms with Gasteiger partial charge >= 0.3 is 5.69 Å². The zero-order valence-electron chi connectivity index (χ0n) is 15.8. The van der Waals surface area contributed by atoms with Gasteiger partial charge in [0.1, 0.15) is 5.52 Å². The number of hydrogen-bond donors (Lipinski definition) is 3. The standard InChI is InChI=1S/C19H23N7O2/c1-11-7-14(21)12(3-5-20)8-15(11)23-18-22-9-16-17(24-18)26(19(27)25(16)2)13-4-6-28-10-13/h3,5,7-9,13H,4,6,10,20-21H2,1-2H3,(H,22,23,24)/b5-3-. The van der Waals surface area contributed by atoms with Crippen molar-refractivity contribution < 1.29 is 4.74 Å². The van der Waals surface area contributed by atoms with Crippen LogP contribution in [0.4, 0.5) is 17.3 Å². The Morgan fingerprint density at radius 3 is 2.93 bits per heavy atom. The molecule has 5 N–H and O–H groups in total. The van der Waals surface area contributed by atoms with Gasteiger partial charge in [-0.25, -0.2) is 9.78 Å². The molecule has 9 nitrogen and oxygen atoms in total. The molecule has 1 atom stereocenters. The van der Waals surface area contributed by atoms with Crippen LogP contribution < -0.4 is 22.5 Å². The lowest BCUT2D eigenvalue weighted by atomic mass is 10.1. The van der Waals surface area contributed by atoms with Gasteiger partial charge in [0.2, 0.25) is 5.95 Å². The molecule has 1 aliphatic heterocycles. The number of hydrogen-bond acceptors (Lipinski definition) is 7. The Labute approximate surface area is 161 Å². The number of ether oxygens (including phenoxy) is 1. The van der Waals surface area contributed by atoms with E-state index >= 15 is 0 Å². The molecule has 1 fully saturated rings. The normalized spacial score (nSPS) is 17.0. The van der Waals surface area contributed by atoms with Crippen LogP contribution in [0.2, 0.25) is 0 Å². The third-order valence-electron chi connectivity index (χ3n) is 5.06. The van der Waals surface area contributed by atoms with Crippen molar-refractivity contribution in [3.63, 3.8) is 0 Å². The van der Waals surface area contributed by atoms with E-state index in [-0.39, 0.29) is 11.7 Å². The number of anilines is 3. The van der Waals surface area contributed by atoms with E-state index in [1.165, 1.54) is 6.20 Å². The van der Waals surface area contributed by atoms with E-state index in [9.17, 15) is 4.79 Å². The highest BCUT2D eigenvalue weighted by Crippen LogP contribution is 2.27. The molecule has 0 saturated carbocycles.